The lowest BCUT2D eigenvalue weighted by Gasteiger charge is -2.01. The Balaban J connectivity index is 2.36. The van der Waals surface area contributed by atoms with E-state index in [4.69, 9.17) is 5.73 Å². The summed E-state index contributed by atoms with van der Waals surface area (Å²) in [4.78, 5) is 15.0. The molecule has 0 saturated carbocycles. The molecule has 0 unspecified atom stereocenters. The van der Waals surface area contributed by atoms with Crippen LogP contribution in [0.5, 0.6) is 0 Å². The molecule has 7 heteroatoms. The number of anilines is 1. The first-order valence-electron chi connectivity index (χ1n) is 4.82. The quantitative estimate of drug-likeness (QED) is 0.675. The number of thiazole rings is 1. The molecule has 0 fully saturated rings. The number of carbonyl (C=O) groups excluding carboxylic acids is 1. The van der Waals surface area contributed by atoms with Crippen LogP contribution in [0.4, 0.5) is 18.9 Å². The molecule has 0 radical (unpaired) electrons. The number of carbonyl (C=O) groups is 1. The molecule has 2 aromatic rings. The van der Waals surface area contributed by atoms with E-state index in [0.29, 0.717) is 11.3 Å². The second kappa shape index (κ2) is 4.41. The third-order valence-corrected chi connectivity index (χ3v) is 3.22. The Hall–Kier alpha value is -1.89. The third kappa shape index (κ3) is 2.35. The molecule has 0 aliphatic heterocycles. The van der Waals surface area contributed by atoms with Gasteiger partial charge in [0.2, 0.25) is 5.78 Å². The van der Waals surface area contributed by atoms with Crippen LogP contribution in [-0.4, -0.2) is 10.8 Å². The maximum absolute atomic E-state index is 12.4. The summed E-state index contributed by atoms with van der Waals surface area (Å²) < 4.78 is 37.1. The number of rotatable bonds is 2. The summed E-state index contributed by atoms with van der Waals surface area (Å²) in [7, 11) is 0. The van der Waals surface area contributed by atoms with Crippen molar-refractivity contribution in [3.63, 3.8) is 0 Å². The van der Waals surface area contributed by atoms with Gasteiger partial charge in [-0.1, -0.05) is 12.1 Å². The molecule has 1 heterocycles. The molecule has 2 N–H and O–H groups in total. The molecule has 2 rings (SSSR count). The maximum atomic E-state index is 12.4. The third-order valence-electron chi connectivity index (χ3n) is 2.18. The van der Waals surface area contributed by atoms with Gasteiger partial charge < -0.3 is 5.73 Å². The van der Waals surface area contributed by atoms with Crippen LogP contribution in [0.25, 0.3) is 0 Å². The fraction of sp³-hybridized carbons (Fsp3) is 0.0909. The number of nitrogens with zero attached hydrogens (tertiary/aromatic N) is 1. The summed E-state index contributed by atoms with van der Waals surface area (Å²) in [6.07, 6.45) is -3.62. The summed E-state index contributed by atoms with van der Waals surface area (Å²) in [6, 6.07) is 6.21. The van der Waals surface area contributed by atoms with Crippen molar-refractivity contribution < 1.29 is 18.0 Å². The lowest BCUT2D eigenvalue weighted by Crippen LogP contribution is -2.04. The average Bonchev–Trinajstić information content (AvgIpc) is 2.77. The Morgan fingerprint density at radius 3 is 2.50 bits per heavy atom. The highest BCUT2D eigenvalue weighted by Gasteiger charge is 2.35. The zero-order valence-corrected chi connectivity index (χ0v) is 9.68. The van der Waals surface area contributed by atoms with Crippen LogP contribution in [0, 0.1) is 0 Å². The molecule has 18 heavy (non-hydrogen) atoms. The predicted molar refractivity (Wildman–Crippen MR) is 61.4 cm³/mol. The first kappa shape index (κ1) is 12.6. The molecule has 94 valence electrons. The van der Waals surface area contributed by atoms with Crippen LogP contribution in [-0.2, 0) is 6.18 Å². The Morgan fingerprint density at radius 1 is 1.28 bits per heavy atom. The number of hydrogen-bond donors (Lipinski definition) is 1. The Labute approximate surface area is 104 Å². The molecule has 1 aromatic heterocycles. The van der Waals surface area contributed by atoms with Gasteiger partial charge in [-0.2, -0.15) is 13.2 Å². The van der Waals surface area contributed by atoms with Crippen LogP contribution in [0.15, 0.2) is 30.5 Å². The summed E-state index contributed by atoms with van der Waals surface area (Å²) in [6.45, 7) is 0. The maximum Gasteiger partial charge on any atom is 0.443 e. The van der Waals surface area contributed by atoms with E-state index in [0.717, 1.165) is 6.20 Å². The first-order chi connectivity index (χ1) is 8.39. The molecular formula is C11H7F3N2OS. The SMILES string of the molecule is Nc1ccccc1C(=O)c1cnc(C(F)(F)F)s1. The number of para-hydroxylation sites is 1. The Kier molecular flexibility index (Phi) is 3.08. The molecule has 0 bridgehead atoms. The van der Waals surface area contributed by atoms with Crippen LogP contribution in [0.3, 0.4) is 0 Å². The lowest BCUT2D eigenvalue weighted by molar-refractivity contribution is -0.137. The largest absolute Gasteiger partial charge is 0.443 e. The van der Waals surface area contributed by atoms with Crippen molar-refractivity contribution in [1.29, 1.82) is 0 Å². The van der Waals surface area contributed by atoms with Gasteiger partial charge in [0.25, 0.3) is 0 Å². The van der Waals surface area contributed by atoms with Crippen molar-refractivity contribution in [1.82, 2.24) is 4.98 Å². The van der Waals surface area contributed by atoms with E-state index in [1.54, 1.807) is 12.1 Å². The normalized spacial score (nSPS) is 11.5. The van der Waals surface area contributed by atoms with Gasteiger partial charge in [-0.15, -0.1) is 11.3 Å². The monoisotopic (exact) mass is 272 g/mol. The standard InChI is InChI=1S/C11H7F3N2OS/c12-11(13,14)10-16-5-8(18-10)9(17)6-3-1-2-4-7(6)15/h1-5H,15H2. The minimum absolute atomic E-state index is 0.0831. The van der Waals surface area contributed by atoms with E-state index < -0.39 is 17.0 Å². The highest BCUT2D eigenvalue weighted by molar-refractivity contribution is 7.14. The minimum Gasteiger partial charge on any atom is -0.398 e. The van der Waals surface area contributed by atoms with Crippen LogP contribution < -0.4 is 5.73 Å². The molecule has 0 amide bonds. The Morgan fingerprint density at radius 2 is 1.94 bits per heavy atom. The zero-order valence-electron chi connectivity index (χ0n) is 8.86. The number of halogens is 3. The fourth-order valence-corrected chi connectivity index (χ4v) is 2.08. The number of ketones is 1. The van der Waals surface area contributed by atoms with Crippen molar-refractivity contribution in [3.05, 3.63) is 45.9 Å². The second-order valence-corrected chi connectivity index (χ2v) is 4.47. The van der Waals surface area contributed by atoms with E-state index in [9.17, 15) is 18.0 Å². The molecule has 0 saturated heterocycles. The first-order valence-corrected chi connectivity index (χ1v) is 5.63. The molecule has 0 atom stereocenters. The molecular weight excluding hydrogens is 265 g/mol. The van der Waals surface area contributed by atoms with E-state index >= 15 is 0 Å². The number of alkyl halides is 3. The van der Waals surface area contributed by atoms with Crippen LogP contribution in [0.2, 0.25) is 0 Å². The number of nitrogen functional groups attached to an aromatic ring is 1. The van der Waals surface area contributed by atoms with Gasteiger partial charge in [-0.25, -0.2) is 4.98 Å². The fourth-order valence-electron chi connectivity index (χ4n) is 1.35. The molecule has 0 aliphatic rings. The van der Waals surface area contributed by atoms with Gasteiger partial charge in [0.1, 0.15) is 0 Å². The van der Waals surface area contributed by atoms with E-state index in [2.05, 4.69) is 4.98 Å². The molecule has 1 aromatic carbocycles. The van der Waals surface area contributed by atoms with Gasteiger partial charge in [0.15, 0.2) is 5.01 Å². The minimum atomic E-state index is -4.54. The van der Waals surface area contributed by atoms with Crippen molar-refractivity contribution >= 4 is 22.8 Å². The van der Waals surface area contributed by atoms with Gasteiger partial charge in [0, 0.05) is 17.4 Å². The number of hydrogen-bond acceptors (Lipinski definition) is 4. The predicted octanol–water partition coefficient (Wildman–Crippen LogP) is 2.98. The van der Waals surface area contributed by atoms with Gasteiger partial charge >= 0.3 is 6.18 Å². The Bertz CT molecular complexity index is 592. The van der Waals surface area contributed by atoms with Gasteiger partial charge in [0.05, 0.1) is 4.88 Å². The average molecular weight is 272 g/mol. The highest BCUT2D eigenvalue weighted by atomic mass is 32.1. The molecule has 0 spiro atoms. The smallest absolute Gasteiger partial charge is 0.398 e. The van der Waals surface area contributed by atoms with E-state index in [1.165, 1.54) is 12.1 Å². The van der Waals surface area contributed by atoms with Crippen molar-refractivity contribution in [3.8, 4) is 0 Å². The summed E-state index contributed by atoms with van der Waals surface area (Å²) in [5.41, 5.74) is 5.99. The van der Waals surface area contributed by atoms with E-state index in [1.807, 2.05) is 0 Å². The van der Waals surface area contributed by atoms with E-state index in [-0.39, 0.29) is 16.1 Å². The zero-order chi connectivity index (χ0) is 13.3. The summed E-state index contributed by atoms with van der Waals surface area (Å²) in [5, 5.41) is -1.04. The second-order valence-electron chi connectivity index (χ2n) is 3.44. The number of nitrogens with two attached hydrogens (primary N) is 1. The highest BCUT2D eigenvalue weighted by Crippen LogP contribution is 2.33. The van der Waals surface area contributed by atoms with Crippen molar-refractivity contribution in [2.75, 3.05) is 5.73 Å². The lowest BCUT2D eigenvalue weighted by atomic mass is 10.1. The van der Waals surface area contributed by atoms with Crippen molar-refractivity contribution in [2.24, 2.45) is 0 Å². The molecule has 3 nitrogen and oxygen atoms in total. The van der Waals surface area contributed by atoms with Gasteiger partial charge in [-0.05, 0) is 12.1 Å². The van der Waals surface area contributed by atoms with Crippen LogP contribution >= 0.6 is 11.3 Å². The summed E-state index contributed by atoms with van der Waals surface area (Å²) in [5.74, 6) is -0.555. The molecule has 0 aliphatic carbocycles. The van der Waals surface area contributed by atoms with Crippen LogP contribution in [0.1, 0.15) is 20.2 Å². The summed E-state index contributed by atoms with van der Waals surface area (Å²) >= 11 is 0.310. The van der Waals surface area contributed by atoms with Gasteiger partial charge in [-0.3, -0.25) is 4.79 Å². The topological polar surface area (TPSA) is 56.0 Å². The number of benzene rings is 1. The van der Waals surface area contributed by atoms with Crippen molar-refractivity contribution in [2.45, 2.75) is 6.18 Å². The number of aromatic nitrogens is 1.